The van der Waals surface area contributed by atoms with Gasteiger partial charge in [0, 0.05) is 38.2 Å². The van der Waals surface area contributed by atoms with Crippen molar-refractivity contribution >= 4 is 43.7 Å². The lowest BCUT2D eigenvalue weighted by Crippen LogP contribution is -2.14. The molecule has 8 aromatic rings. The van der Waals surface area contributed by atoms with E-state index in [9.17, 15) is 0 Å². The minimum Gasteiger partial charge on any atom is -0.455 e. The van der Waals surface area contributed by atoms with E-state index in [2.05, 4.69) is 146 Å². The first-order valence-electron chi connectivity index (χ1n) is 14.3. The van der Waals surface area contributed by atoms with Crippen LogP contribution in [-0.4, -0.2) is 4.57 Å². The van der Waals surface area contributed by atoms with Gasteiger partial charge in [0.05, 0.1) is 11.0 Å². The zero-order valence-electron chi connectivity index (χ0n) is 23.0. The fraction of sp³-hybridized carbons (Fsp3) is 0.0769. The predicted molar refractivity (Wildman–Crippen MR) is 171 cm³/mol. The average molecular weight is 526 g/mol. The molecule has 1 aliphatic carbocycles. The largest absolute Gasteiger partial charge is 0.455 e. The van der Waals surface area contributed by atoms with Gasteiger partial charge in [-0.05, 0) is 70.3 Å². The molecule has 0 saturated heterocycles. The third-order valence-corrected chi connectivity index (χ3v) is 9.20. The zero-order chi connectivity index (χ0) is 27.3. The van der Waals surface area contributed by atoms with E-state index in [0.29, 0.717) is 0 Å². The Hall–Kier alpha value is -5.08. The van der Waals surface area contributed by atoms with Gasteiger partial charge in [-0.15, -0.1) is 0 Å². The first-order chi connectivity index (χ1) is 20.1. The molecule has 6 aromatic carbocycles. The molecule has 2 heteroatoms. The Morgan fingerprint density at radius 1 is 0.512 bits per heavy atom. The number of benzene rings is 6. The summed E-state index contributed by atoms with van der Waals surface area (Å²) in [5, 5.41) is 4.83. The van der Waals surface area contributed by atoms with Crippen molar-refractivity contribution in [2.45, 2.75) is 19.3 Å². The van der Waals surface area contributed by atoms with Crippen molar-refractivity contribution in [3.63, 3.8) is 0 Å². The Morgan fingerprint density at radius 3 is 2.15 bits per heavy atom. The van der Waals surface area contributed by atoms with Gasteiger partial charge in [0.15, 0.2) is 0 Å². The highest BCUT2D eigenvalue weighted by Crippen LogP contribution is 2.51. The van der Waals surface area contributed by atoms with Crippen LogP contribution in [0.25, 0.3) is 71.7 Å². The van der Waals surface area contributed by atoms with E-state index in [1.807, 2.05) is 0 Å². The third kappa shape index (κ3) is 3.02. The molecule has 0 saturated carbocycles. The summed E-state index contributed by atoms with van der Waals surface area (Å²) in [6, 6.07) is 46.1. The van der Waals surface area contributed by atoms with Gasteiger partial charge in [-0.2, -0.15) is 0 Å². The highest BCUT2D eigenvalue weighted by atomic mass is 16.3. The monoisotopic (exact) mass is 525 g/mol. The van der Waals surface area contributed by atoms with Crippen molar-refractivity contribution < 1.29 is 4.42 Å². The summed E-state index contributed by atoms with van der Waals surface area (Å²) < 4.78 is 9.08. The number of fused-ring (bicyclic) bond motifs is 9. The fourth-order valence-corrected chi connectivity index (χ4v) is 7.21. The van der Waals surface area contributed by atoms with Crippen LogP contribution in [-0.2, 0) is 5.41 Å². The Kier molecular flexibility index (Phi) is 4.42. The van der Waals surface area contributed by atoms with Gasteiger partial charge < -0.3 is 8.98 Å². The predicted octanol–water partition coefficient (Wildman–Crippen LogP) is 10.7. The third-order valence-electron chi connectivity index (χ3n) is 9.20. The molecule has 2 heterocycles. The van der Waals surface area contributed by atoms with Gasteiger partial charge in [-0.1, -0.05) is 98.8 Å². The number of nitrogens with zero attached hydrogens (tertiary/aromatic N) is 1. The molecule has 1 aliphatic rings. The first-order valence-corrected chi connectivity index (χ1v) is 14.3. The lowest BCUT2D eigenvalue weighted by atomic mass is 9.82. The molecule has 9 rings (SSSR count). The second-order valence-electron chi connectivity index (χ2n) is 11.8. The minimum atomic E-state index is -0.0556. The van der Waals surface area contributed by atoms with Crippen molar-refractivity contribution in [3.8, 4) is 27.9 Å². The number of rotatable bonds is 2. The van der Waals surface area contributed by atoms with Gasteiger partial charge in [-0.3, -0.25) is 0 Å². The first kappa shape index (κ1) is 22.7. The normalized spacial score (nSPS) is 13.8. The molecule has 194 valence electrons. The lowest BCUT2D eigenvalue weighted by Gasteiger charge is -2.21. The second kappa shape index (κ2) is 7.99. The maximum Gasteiger partial charge on any atom is 0.143 e. The van der Waals surface area contributed by atoms with Crippen molar-refractivity contribution in [1.82, 2.24) is 4.57 Å². The highest BCUT2D eigenvalue weighted by Gasteiger charge is 2.36. The number of para-hydroxylation sites is 3. The van der Waals surface area contributed by atoms with Gasteiger partial charge >= 0.3 is 0 Å². The molecule has 0 bridgehead atoms. The van der Waals surface area contributed by atoms with E-state index < -0.39 is 0 Å². The zero-order valence-corrected chi connectivity index (χ0v) is 23.0. The van der Waals surface area contributed by atoms with E-state index in [1.165, 1.54) is 55.1 Å². The number of hydrogen-bond acceptors (Lipinski definition) is 1. The van der Waals surface area contributed by atoms with Crippen LogP contribution in [0.3, 0.4) is 0 Å². The van der Waals surface area contributed by atoms with E-state index >= 15 is 0 Å². The van der Waals surface area contributed by atoms with Crippen LogP contribution in [0.15, 0.2) is 132 Å². The summed E-state index contributed by atoms with van der Waals surface area (Å²) in [4.78, 5) is 0. The summed E-state index contributed by atoms with van der Waals surface area (Å²) >= 11 is 0. The molecule has 2 aromatic heterocycles. The van der Waals surface area contributed by atoms with Crippen molar-refractivity contribution in [3.05, 3.63) is 139 Å². The molecule has 0 aliphatic heterocycles. The van der Waals surface area contributed by atoms with Crippen LogP contribution in [0.2, 0.25) is 0 Å². The Balaban J connectivity index is 1.28. The molecule has 0 N–H and O–H groups in total. The smallest absolute Gasteiger partial charge is 0.143 e. The number of aromatic nitrogens is 1. The second-order valence-corrected chi connectivity index (χ2v) is 11.8. The Morgan fingerprint density at radius 2 is 1.24 bits per heavy atom. The maximum absolute atomic E-state index is 6.72. The highest BCUT2D eigenvalue weighted by molar-refractivity contribution is 6.14. The Labute approximate surface area is 238 Å². The number of hydrogen-bond donors (Lipinski definition) is 0. The molecule has 0 fully saturated rings. The van der Waals surface area contributed by atoms with Crippen molar-refractivity contribution in [2.75, 3.05) is 0 Å². The van der Waals surface area contributed by atoms with Crippen LogP contribution in [0.5, 0.6) is 0 Å². The van der Waals surface area contributed by atoms with Crippen LogP contribution >= 0.6 is 0 Å². The van der Waals surface area contributed by atoms with Crippen molar-refractivity contribution in [1.29, 1.82) is 0 Å². The SMILES string of the molecule is CC1(C)c2ccccc2-c2cc3c(cc21)oc1c(-c2ccc4c(c2)c2ccccc2n4-c2ccccc2)cccc13. The van der Waals surface area contributed by atoms with Crippen LogP contribution in [0.4, 0.5) is 0 Å². The van der Waals surface area contributed by atoms with Crippen LogP contribution in [0.1, 0.15) is 25.0 Å². The quantitative estimate of drug-likeness (QED) is 0.219. The van der Waals surface area contributed by atoms with Gasteiger partial charge in [0.1, 0.15) is 11.2 Å². The summed E-state index contributed by atoms with van der Waals surface area (Å²) in [5.41, 5.74) is 13.1. The standard InChI is InChI=1S/C39H27NO/c1-39(2)33-17-8-6-13-27(33)30-22-32-29-16-10-15-26(38(29)41-37(32)23-34(30)39)24-19-20-36-31(21-24)28-14-7-9-18-35(28)40(36)25-11-4-3-5-12-25/h3-23H,1-2H3. The van der Waals surface area contributed by atoms with Gasteiger partial charge in [-0.25, -0.2) is 0 Å². The van der Waals surface area contributed by atoms with Gasteiger partial charge in [0.2, 0.25) is 0 Å². The molecule has 0 spiro atoms. The number of furan rings is 1. The van der Waals surface area contributed by atoms with E-state index in [-0.39, 0.29) is 5.41 Å². The van der Waals surface area contributed by atoms with Crippen molar-refractivity contribution in [2.24, 2.45) is 0 Å². The summed E-state index contributed by atoms with van der Waals surface area (Å²) in [5.74, 6) is 0. The van der Waals surface area contributed by atoms with E-state index in [4.69, 9.17) is 4.42 Å². The molecular weight excluding hydrogens is 498 g/mol. The molecule has 0 atom stereocenters. The molecule has 2 nitrogen and oxygen atoms in total. The molecule has 0 unspecified atom stereocenters. The minimum absolute atomic E-state index is 0.0556. The molecular formula is C39H27NO. The van der Waals surface area contributed by atoms with E-state index in [1.54, 1.807) is 0 Å². The summed E-state index contributed by atoms with van der Waals surface area (Å²) in [6.45, 7) is 4.64. The van der Waals surface area contributed by atoms with Crippen LogP contribution < -0.4 is 0 Å². The van der Waals surface area contributed by atoms with Gasteiger partial charge in [0.25, 0.3) is 0 Å². The summed E-state index contributed by atoms with van der Waals surface area (Å²) in [7, 11) is 0. The fourth-order valence-electron chi connectivity index (χ4n) is 7.21. The van der Waals surface area contributed by atoms with E-state index in [0.717, 1.165) is 27.7 Å². The average Bonchev–Trinajstić information content (AvgIpc) is 3.62. The maximum atomic E-state index is 6.72. The summed E-state index contributed by atoms with van der Waals surface area (Å²) in [6.07, 6.45) is 0. The van der Waals surface area contributed by atoms with Crippen LogP contribution in [0, 0.1) is 0 Å². The Bertz CT molecular complexity index is 2330. The lowest BCUT2D eigenvalue weighted by molar-refractivity contribution is 0.648. The molecule has 41 heavy (non-hydrogen) atoms. The topological polar surface area (TPSA) is 18.1 Å². The molecule has 0 amide bonds. The molecule has 0 radical (unpaired) electrons.